The second kappa shape index (κ2) is 11.3. The molecule has 3 rings (SSSR count). The van der Waals surface area contributed by atoms with Gasteiger partial charge in [-0.3, -0.25) is 24.6 Å². The second-order valence-corrected chi connectivity index (χ2v) is 8.49. The van der Waals surface area contributed by atoms with Crippen molar-refractivity contribution < 1.29 is 14.5 Å². The summed E-state index contributed by atoms with van der Waals surface area (Å²) in [5, 5.41) is 17.1. The summed E-state index contributed by atoms with van der Waals surface area (Å²) in [6.45, 7) is 3.02. The second-order valence-electron chi connectivity index (χ2n) is 7.65. The Morgan fingerprint density at radius 2 is 1.69 bits per heavy atom. The average molecular weight is 479 g/mol. The van der Waals surface area contributed by atoms with Gasteiger partial charge in [-0.05, 0) is 55.8 Å². The van der Waals surface area contributed by atoms with Crippen LogP contribution in [0, 0.1) is 16.0 Å². The highest BCUT2D eigenvalue weighted by atomic mass is 35.5. The minimum Gasteiger partial charge on any atom is -0.354 e. The molecule has 170 valence electrons. The van der Waals surface area contributed by atoms with E-state index in [1.165, 1.54) is 17.7 Å². The van der Waals surface area contributed by atoms with Crippen molar-refractivity contribution in [3.63, 3.8) is 0 Å². The van der Waals surface area contributed by atoms with E-state index >= 15 is 0 Å². The monoisotopic (exact) mass is 478 g/mol. The normalized spacial score (nSPS) is 14.7. The van der Waals surface area contributed by atoms with Crippen molar-refractivity contribution >= 4 is 40.7 Å². The van der Waals surface area contributed by atoms with Crippen LogP contribution in [0.3, 0.4) is 0 Å². The van der Waals surface area contributed by atoms with E-state index in [9.17, 15) is 19.7 Å². The molecule has 0 radical (unpaired) electrons. The lowest BCUT2D eigenvalue weighted by atomic mass is 9.95. The summed E-state index contributed by atoms with van der Waals surface area (Å²) in [6, 6.07) is 11.6. The summed E-state index contributed by atoms with van der Waals surface area (Å²) >= 11 is 11.7. The highest BCUT2D eigenvalue weighted by molar-refractivity contribution is 6.32. The third-order valence-corrected chi connectivity index (χ3v) is 5.96. The molecule has 1 aliphatic heterocycles. The summed E-state index contributed by atoms with van der Waals surface area (Å²) < 4.78 is 0. The first-order valence-electron chi connectivity index (χ1n) is 10.3. The Morgan fingerprint density at radius 1 is 1.03 bits per heavy atom. The maximum Gasteiger partial charge on any atom is 0.288 e. The molecule has 1 saturated heterocycles. The van der Waals surface area contributed by atoms with Gasteiger partial charge >= 0.3 is 0 Å². The van der Waals surface area contributed by atoms with Crippen molar-refractivity contribution in [3.05, 3.63) is 73.8 Å². The molecule has 1 aliphatic rings. The van der Waals surface area contributed by atoms with Crippen molar-refractivity contribution in [2.75, 3.05) is 26.2 Å². The quantitative estimate of drug-likeness (QED) is 0.342. The molecule has 0 aliphatic carbocycles. The van der Waals surface area contributed by atoms with E-state index in [-0.39, 0.29) is 41.2 Å². The molecule has 2 aromatic carbocycles. The number of nitrogens with zero attached hydrogens (tertiary/aromatic N) is 2. The molecule has 0 spiro atoms. The van der Waals surface area contributed by atoms with Crippen molar-refractivity contribution in [2.45, 2.75) is 19.4 Å². The van der Waals surface area contributed by atoms with E-state index in [1.54, 1.807) is 0 Å². The fourth-order valence-electron chi connectivity index (χ4n) is 3.60. The minimum absolute atomic E-state index is 0.0208. The highest BCUT2D eigenvalue weighted by Gasteiger charge is 2.24. The minimum atomic E-state index is -0.639. The molecule has 0 saturated carbocycles. The molecule has 1 fully saturated rings. The number of nitro benzene ring substituents is 1. The van der Waals surface area contributed by atoms with E-state index < -0.39 is 10.8 Å². The summed E-state index contributed by atoms with van der Waals surface area (Å²) in [5.41, 5.74) is 1.01. The topological polar surface area (TPSA) is 105 Å². The number of hydrogen-bond donors (Lipinski definition) is 2. The lowest BCUT2D eigenvalue weighted by Crippen LogP contribution is -2.42. The molecule has 0 bridgehead atoms. The molecule has 8 nitrogen and oxygen atoms in total. The van der Waals surface area contributed by atoms with Gasteiger partial charge in [-0.2, -0.15) is 0 Å². The number of carbonyl (C=O) groups is 2. The molecular formula is C22H24Cl2N4O4. The smallest absolute Gasteiger partial charge is 0.288 e. The average Bonchev–Trinajstić information content (AvgIpc) is 2.78. The number of piperidine rings is 1. The van der Waals surface area contributed by atoms with Crippen molar-refractivity contribution in [3.8, 4) is 0 Å². The molecule has 2 N–H and O–H groups in total. The number of carbonyl (C=O) groups excluding carboxylic acids is 2. The molecule has 0 aromatic heterocycles. The lowest BCUT2D eigenvalue weighted by molar-refractivity contribution is -0.384. The fraction of sp³-hybridized carbons (Fsp3) is 0.364. The van der Waals surface area contributed by atoms with Crippen LogP contribution in [0.4, 0.5) is 5.69 Å². The molecule has 0 unspecified atom stereocenters. The van der Waals surface area contributed by atoms with Crippen molar-refractivity contribution in [2.24, 2.45) is 5.92 Å². The number of amides is 2. The number of halogens is 2. The van der Waals surface area contributed by atoms with Gasteiger partial charge in [0.05, 0.1) is 4.92 Å². The van der Waals surface area contributed by atoms with E-state index in [2.05, 4.69) is 15.5 Å². The Morgan fingerprint density at radius 3 is 2.34 bits per heavy atom. The van der Waals surface area contributed by atoms with Crippen LogP contribution < -0.4 is 10.6 Å². The molecule has 32 heavy (non-hydrogen) atoms. The van der Waals surface area contributed by atoms with Crippen LogP contribution in [0.5, 0.6) is 0 Å². The van der Waals surface area contributed by atoms with Crippen LogP contribution in [0.25, 0.3) is 0 Å². The summed E-state index contributed by atoms with van der Waals surface area (Å²) in [4.78, 5) is 37.2. The zero-order valence-corrected chi connectivity index (χ0v) is 18.9. The maximum atomic E-state index is 12.4. The van der Waals surface area contributed by atoms with E-state index in [0.717, 1.165) is 43.6 Å². The van der Waals surface area contributed by atoms with Gasteiger partial charge in [0.1, 0.15) is 5.02 Å². The van der Waals surface area contributed by atoms with Gasteiger partial charge < -0.3 is 10.6 Å². The molecular weight excluding hydrogens is 455 g/mol. The molecule has 1 heterocycles. The predicted octanol–water partition coefficient (Wildman–Crippen LogP) is 3.66. The van der Waals surface area contributed by atoms with Crippen molar-refractivity contribution in [1.82, 2.24) is 15.5 Å². The first kappa shape index (κ1) is 24.0. The number of rotatable bonds is 8. The van der Waals surface area contributed by atoms with Gasteiger partial charge in [0.15, 0.2) is 0 Å². The van der Waals surface area contributed by atoms with Crippen LogP contribution in [-0.2, 0) is 11.3 Å². The number of hydrogen-bond acceptors (Lipinski definition) is 5. The summed E-state index contributed by atoms with van der Waals surface area (Å²) in [5.74, 6) is -0.534. The van der Waals surface area contributed by atoms with Crippen LogP contribution in [0.15, 0.2) is 42.5 Å². The number of nitrogens with one attached hydrogen (secondary N) is 2. The largest absolute Gasteiger partial charge is 0.354 e. The Hall–Kier alpha value is -2.68. The van der Waals surface area contributed by atoms with Gasteiger partial charge in [-0.25, -0.2) is 0 Å². The number of likely N-dealkylation sites (tertiary alicyclic amines) is 1. The molecule has 10 heteroatoms. The number of nitro groups is 1. The lowest BCUT2D eigenvalue weighted by Gasteiger charge is -2.31. The molecule has 0 atom stereocenters. The van der Waals surface area contributed by atoms with E-state index in [0.29, 0.717) is 0 Å². The Bertz CT molecular complexity index is 976. The van der Waals surface area contributed by atoms with Gasteiger partial charge in [0.25, 0.3) is 11.6 Å². The van der Waals surface area contributed by atoms with Crippen LogP contribution in [-0.4, -0.2) is 47.8 Å². The van der Waals surface area contributed by atoms with Crippen LogP contribution in [0.1, 0.15) is 28.8 Å². The number of benzene rings is 2. The first-order valence-corrected chi connectivity index (χ1v) is 11.1. The fourth-order valence-corrected chi connectivity index (χ4v) is 3.92. The summed E-state index contributed by atoms with van der Waals surface area (Å²) in [7, 11) is 0. The molecule has 2 amide bonds. The standard InChI is InChI=1S/C22H24Cl2N4O4/c23-18-4-1-15(2-5-18)14-27-11-7-16(8-12-27)21(29)25-9-10-26-22(30)17-3-6-19(24)20(13-17)28(31)32/h1-6,13,16H,7-12,14H2,(H,25,29)(H,26,30). The zero-order valence-electron chi connectivity index (χ0n) is 17.4. The van der Waals surface area contributed by atoms with Crippen LogP contribution >= 0.6 is 23.2 Å². The Labute approximate surface area is 196 Å². The third kappa shape index (κ3) is 6.66. The highest BCUT2D eigenvalue weighted by Crippen LogP contribution is 2.25. The Balaban J connectivity index is 1.36. The molecule has 2 aromatic rings. The predicted molar refractivity (Wildman–Crippen MR) is 123 cm³/mol. The van der Waals surface area contributed by atoms with Gasteiger partial charge in [0.2, 0.25) is 5.91 Å². The van der Waals surface area contributed by atoms with E-state index in [1.807, 2.05) is 24.3 Å². The summed E-state index contributed by atoms with van der Waals surface area (Å²) in [6.07, 6.45) is 1.56. The SMILES string of the molecule is O=C(NCCNC(=O)C1CCN(Cc2ccc(Cl)cc2)CC1)c1ccc(Cl)c([N+](=O)[O-])c1. The third-order valence-electron chi connectivity index (χ3n) is 5.39. The van der Waals surface area contributed by atoms with Gasteiger partial charge in [-0.15, -0.1) is 0 Å². The van der Waals surface area contributed by atoms with Crippen molar-refractivity contribution in [1.29, 1.82) is 0 Å². The van der Waals surface area contributed by atoms with Crippen LogP contribution in [0.2, 0.25) is 10.0 Å². The zero-order chi connectivity index (χ0) is 23.1. The maximum absolute atomic E-state index is 12.4. The first-order chi connectivity index (χ1) is 15.3. The van der Waals surface area contributed by atoms with E-state index in [4.69, 9.17) is 23.2 Å². The van der Waals surface area contributed by atoms with Gasteiger partial charge in [-0.1, -0.05) is 35.3 Å². The van der Waals surface area contributed by atoms with Gasteiger partial charge in [0, 0.05) is 42.2 Å². The Kier molecular flexibility index (Phi) is 8.44.